The van der Waals surface area contributed by atoms with Crippen molar-refractivity contribution in [2.45, 2.75) is 61.0 Å². The Morgan fingerprint density at radius 2 is 1.49 bits per heavy atom. The molecular formula is C28H33NO8. The summed E-state index contributed by atoms with van der Waals surface area (Å²) in [6, 6.07) is 4.99. The van der Waals surface area contributed by atoms with E-state index >= 15 is 0 Å². The number of hydrogen-bond acceptors (Lipinski definition) is 9. The number of nitrogens with one attached hydrogen (secondary N) is 1. The van der Waals surface area contributed by atoms with E-state index in [4.69, 9.17) is 18.6 Å². The molecule has 37 heavy (non-hydrogen) atoms. The minimum Gasteiger partial charge on any atom is -0.463 e. The van der Waals surface area contributed by atoms with Gasteiger partial charge in [0.05, 0.1) is 24.4 Å². The highest BCUT2D eigenvalue weighted by Gasteiger charge is 2.42. The zero-order valence-corrected chi connectivity index (χ0v) is 22.3. The minimum atomic E-state index is -1.36. The number of rotatable bonds is 8. The quantitative estimate of drug-likeness (QED) is 0.316. The molecule has 0 unspecified atom stereocenters. The molecule has 0 radical (unpaired) electrons. The minimum absolute atomic E-state index is 0.0318. The molecule has 0 atom stereocenters. The molecule has 0 spiro atoms. The van der Waals surface area contributed by atoms with Crippen LogP contribution in [0.25, 0.3) is 11.0 Å². The van der Waals surface area contributed by atoms with Gasteiger partial charge in [0.1, 0.15) is 18.1 Å². The van der Waals surface area contributed by atoms with Crippen LogP contribution in [0.3, 0.4) is 0 Å². The molecule has 0 amide bonds. The first-order chi connectivity index (χ1) is 17.5. The lowest BCUT2D eigenvalue weighted by molar-refractivity contribution is -0.152. The van der Waals surface area contributed by atoms with Gasteiger partial charge >= 0.3 is 23.5 Å². The van der Waals surface area contributed by atoms with E-state index in [1.165, 1.54) is 6.07 Å². The summed E-state index contributed by atoms with van der Waals surface area (Å²) in [6.07, 6.45) is 0. The number of allylic oxidation sites excluding steroid dienone is 2. The van der Waals surface area contributed by atoms with Crippen LogP contribution in [0.15, 0.2) is 50.0 Å². The zero-order valence-electron chi connectivity index (χ0n) is 22.3. The fourth-order valence-corrected chi connectivity index (χ4v) is 4.55. The van der Waals surface area contributed by atoms with E-state index in [9.17, 15) is 19.2 Å². The molecule has 1 N–H and O–H groups in total. The number of carbonyl (C=O) groups is 3. The second-order valence-corrected chi connectivity index (χ2v) is 9.13. The second-order valence-electron chi connectivity index (χ2n) is 9.13. The number of esters is 3. The number of fused-ring (bicyclic) bond motifs is 1. The van der Waals surface area contributed by atoms with Crippen LogP contribution in [0.2, 0.25) is 0 Å². The van der Waals surface area contributed by atoms with Crippen molar-refractivity contribution in [2.75, 3.05) is 13.2 Å². The molecule has 3 rings (SSSR count). The lowest BCUT2D eigenvalue weighted by atomic mass is 9.85. The van der Waals surface area contributed by atoms with Gasteiger partial charge in [0.25, 0.3) is 0 Å². The lowest BCUT2D eigenvalue weighted by Gasteiger charge is -2.28. The van der Waals surface area contributed by atoms with Gasteiger partial charge in [0.15, 0.2) is 0 Å². The van der Waals surface area contributed by atoms with Gasteiger partial charge in [-0.1, -0.05) is 13.8 Å². The average molecular weight is 512 g/mol. The molecule has 0 aliphatic carbocycles. The van der Waals surface area contributed by atoms with Gasteiger partial charge in [0.2, 0.25) is 0 Å². The summed E-state index contributed by atoms with van der Waals surface area (Å²) in [5.74, 6) is -3.47. The van der Waals surface area contributed by atoms with Crippen LogP contribution in [-0.4, -0.2) is 31.1 Å². The molecule has 0 bridgehead atoms. The SMILES string of the molecule is CCOC(=O)C1=C(C)NC(C)=C(C(=O)OCC)C1C(=O)OCc1cc(=O)oc2cc(C)c(C(C)C)cc12. The monoisotopic (exact) mass is 511 g/mol. The van der Waals surface area contributed by atoms with Crippen LogP contribution in [0.4, 0.5) is 0 Å². The van der Waals surface area contributed by atoms with Gasteiger partial charge in [-0.3, -0.25) is 4.79 Å². The largest absolute Gasteiger partial charge is 0.463 e. The molecule has 0 saturated carbocycles. The second kappa shape index (κ2) is 11.5. The maximum atomic E-state index is 13.5. The summed E-state index contributed by atoms with van der Waals surface area (Å²) >= 11 is 0. The molecule has 1 aromatic heterocycles. The molecule has 1 aliphatic heterocycles. The number of aryl methyl sites for hydroxylation is 1. The van der Waals surface area contributed by atoms with E-state index in [1.807, 2.05) is 13.0 Å². The smallest absolute Gasteiger partial charge is 0.337 e. The first-order valence-electron chi connectivity index (χ1n) is 12.3. The van der Waals surface area contributed by atoms with Crippen molar-refractivity contribution in [2.24, 2.45) is 5.92 Å². The zero-order chi connectivity index (χ0) is 27.4. The summed E-state index contributed by atoms with van der Waals surface area (Å²) in [6.45, 7) is 12.5. The van der Waals surface area contributed by atoms with Crippen molar-refractivity contribution >= 4 is 28.9 Å². The number of hydrogen-bond donors (Lipinski definition) is 1. The molecule has 9 heteroatoms. The van der Waals surface area contributed by atoms with Crippen molar-refractivity contribution < 1.29 is 33.0 Å². The molecule has 198 valence electrons. The highest BCUT2D eigenvalue weighted by molar-refractivity contribution is 6.05. The Balaban J connectivity index is 2.03. The third kappa shape index (κ3) is 5.76. The van der Waals surface area contributed by atoms with Crippen LogP contribution in [0, 0.1) is 12.8 Å². The van der Waals surface area contributed by atoms with E-state index in [1.54, 1.807) is 33.8 Å². The molecule has 2 aromatic rings. The van der Waals surface area contributed by atoms with Crippen LogP contribution < -0.4 is 10.9 Å². The molecule has 1 aromatic carbocycles. The summed E-state index contributed by atoms with van der Waals surface area (Å²) in [4.78, 5) is 51.4. The normalized spacial score (nSPS) is 14.2. The van der Waals surface area contributed by atoms with Crippen molar-refractivity contribution in [1.29, 1.82) is 0 Å². The fraction of sp³-hybridized carbons (Fsp3) is 0.429. The van der Waals surface area contributed by atoms with Crippen molar-refractivity contribution in [1.82, 2.24) is 5.32 Å². The Hall–Kier alpha value is -3.88. The standard InChI is InChI=1S/C28H33NO8/c1-8-34-26(31)23-16(6)29-17(7)24(27(32)35-9-2)25(23)28(33)36-13-18-11-22(30)37-21-10-15(5)19(14(3)4)12-20(18)21/h10-12,14,25,29H,8-9,13H2,1-7H3. The number of ether oxygens (including phenoxy) is 3. The molecule has 9 nitrogen and oxygen atoms in total. The fourth-order valence-electron chi connectivity index (χ4n) is 4.55. The lowest BCUT2D eigenvalue weighted by Crippen LogP contribution is -2.38. The van der Waals surface area contributed by atoms with Crippen LogP contribution in [0.5, 0.6) is 0 Å². The third-order valence-corrected chi connectivity index (χ3v) is 6.20. The topological polar surface area (TPSA) is 121 Å². The summed E-state index contributed by atoms with van der Waals surface area (Å²) in [7, 11) is 0. The van der Waals surface area contributed by atoms with Gasteiger partial charge in [-0.2, -0.15) is 0 Å². The highest BCUT2D eigenvalue weighted by Crippen LogP contribution is 2.33. The molecule has 0 fully saturated rings. The number of benzene rings is 1. The Kier molecular flexibility index (Phi) is 8.57. The van der Waals surface area contributed by atoms with E-state index in [0.717, 1.165) is 11.1 Å². The Labute approximate surface area is 215 Å². The predicted molar refractivity (Wildman–Crippen MR) is 136 cm³/mol. The van der Waals surface area contributed by atoms with Gasteiger partial charge in [-0.05, 0) is 63.8 Å². The maximum Gasteiger partial charge on any atom is 0.337 e. The first kappa shape index (κ1) is 27.7. The van der Waals surface area contributed by atoms with Gasteiger partial charge in [-0.25, -0.2) is 14.4 Å². The third-order valence-electron chi connectivity index (χ3n) is 6.20. The Bertz CT molecular complexity index is 1320. The van der Waals surface area contributed by atoms with Crippen LogP contribution in [0.1, 0.15) is 64.2 Å². The molecular weight excluding hydrogens is 478 g/mol. The highest BCUT2D eigenvalue weighted by atomic mass is 16.5. The Morgan fingerprint density at radius 1 is 0.919 bits per heavy atom. The number of carbonyl (C=O) groups excluding carboxylic acids is 3. The molecule has 1 aliphatic rings. The van der Waals surface area contributed by atoms with E-state index in [2.05, 4.69) is 19.2 Å². The van der Waals surface area contributed by atoms with E-state index in [0.29, 0.717) is 27.9 Å². The van der Waals surface area contributed by atoms with Crippen molar-refractivity contribution in [3.63, 3.8) is 0 Å². The average Bonchev–Trinajstić information content (AvgIpc) is 2.81. The van der Waals surface area contributed by atoms with Crippen LogP contribution >= 0.6 is 0 Å². The van der Waals surface area contributed by atoms with E-state index in [-0.39, 0.29) is 36.9 Å². The molecule has 2 heterocycles. The van der Waals surface area contributed by atoms with Crippen molar-refractivity contribution in [3.05, 3.63) is 67.8 Å². The van der Waals surface area contributed by atoms with Gasteiger partial charge in [-0.15, -0.1) is 0 Å². The van der Waals surface area contributed by atoms with Gasteiger partial charge < -0.3 is 23.9 Å². The Morgan fingerprint density at radius 3 is 2.00 bits per heavy atom. The summed E-state index contributed by atoms with van der Waals surface area (Å²) in [5.41, 5.74) is 2.98. The van der Waals surface area contributed by atoms with Gasteiger partial charge in [0, 0.05) is 28.4 Å². The van der Waals surface area contributed by atoms with Crippen molar-refractivity contribution in [3.8, 4) is 0 Å². The predicted octanol–water partition coefficient (Wildman–Crippen LogP) is 4.16. The first-order valence-corrected chi connectivity index (χ1v) is 12.3. The maximum absolute atomic E-state index is 13.5. The van der Waals surface area contributed by atoms with Crippen LogP contribution in [-0.2, 0) is 35.2 Å². The molecule has 0 saturated heterocycles. The van der Waals surface area contributed by atoms with E-state index < -0.39 is 29.5 Å². The summed E-state index contributed by atoms with van der Waals surface area (Å²) < 4.78 is 21.4. The summed E-state index contributed by atoms with van der Waals surface area (Å²) in [5, 5.41) is 3.61. The number of dihydropyridines is 1.